The summed E-state index contributed by atoms with van der Waals surface area (Å²) in [6.45, 7) is 0. The molecule has 1 heterocycles. The molecule has 0 N–H and O–H groups in total. The van der Waals surface area contributed by atoms with Gasteiger partial charge in [-0.15, -0.1) is 0 Å². The molecule has 1 amide bonds. The standard InChI is InChI=1S/C17H13FN2O3S/c1-20-14-12(18)4-3-5-13(14)24-17(20)19-15(21)10-6-8-11(9-7-10)16(22)23-2/h3-9H,1-2H3. The quantitative estimate of drug-likeness (QED) is 0.672. The van der Waals surface area contributed by atoms with E-state index in [2.05, 4.69) is 9.73 Å². The minimum Gasteiger partial charge on any atom is -0.465 e. The van der Waals surface area contributed by atoms with Crippen molar-refractivity contribution in [3.8, 4) is 0 Å². The zero-order valence-electron chi connectivity index (χ0n) is 12.9. The van der Waals surface area contributed by atoms with Crippen molar-refractivity contribution in [1.29, 1.82) is 0 Å². The molecule has 0 saturated heterocycles. The summed E-state index contributed by atoms with van der Waals surface area (Å²) in [7, 11) is 2.95. The Morgan fingerprint density at radius 2 is 1.79 bits per heavy atom. The van der Waals surface area contributed by atoms with Gasteiger partial charge in [0.15, 0.2) is 4.80 Å². The van der Waals surface area contributed by atoms with Crippen LogP contribution < -0.4 is 4.80 Å². The highest BCUT2D eigenvalue weighted by atomic mass is 32.1. The number of esters is 1. The highest BCUT2D eigenvalue weighted by Crippen LogP contribution is 2.19. The van der Waals surface area contributed by atoms with Gasteiger partial charge in [-0.3, -0.25) is 4.79 Å². The fourth-order valence-electron chi connectivity index (χ4n) is 2.28. The number of hydrogen-bond acceptors (Lipinski definition) is 4. The number of carbonyl (C=O) groups is 2. The predicted octanol–water partition coefficient (Wildman–Crippen LogP) is 2.91. The van der Waals surface area contributed by atoms with E-state index < -0.39 is 11.9 Å². The van der Waals surface area contributed by atoms with Crippen molar-refractivity contribution in [2.45, 2.75) is 0 Å². The fourth-order valence-corrected chi connectivity index (χ4v) is 3.31. The zero-order chi connectivity index (χ0) is 17.3. The van der Waals surface area contributed by atoms with Crippen molar-refractivity contribution < 1.29 is 18.7 Å². The van der Waals surface area contributed by atoms with E-state index in [0.29, 0.717) is 26.1 Å². The first-order valence-corrected chi connectivity index (χ1v) is 7.84. The van der Waals surface area contributed by atoms with Crippen LogP contribution in [-0.4, -0.2) is 23.6 Å². The summed E-state index contributed by atoms with van der Waals surface area (Å²) >= 11 is 1.23. The molecule has 24 heavy (non-hydrogen) atoms. The summed E-state index contributed by atoms with van der Waals surface area (Å²) in [4.78, 5) is 28.2. The molecule has 5 nitrogen and oxygen atoms in total. The number of aromatic nitrogens is 1. The van der Waals surface area contributed by atoms with E-state index in [1.807, 2.05) is 0 Å². The van der Waals surface area contributed by atoms with E-state index in [9.17, 15) is 14.0 Å². The van der Waals surface area contributed by atoms with Crippen LogP contribution in [0.4, 0.5) is 4.39 Å². The third kappa shape index (κ3) is 2.85. The highest BCUT2D eigenvalue weighted by Gasteiger charge is 2.11. The molecule has 122 valence electrons. The van der Waals surface area contributed by atoms with Crippen LogP contribution in [0, 0.1) is 5.82 Å². The van der Waals surface area contributed by atoms with Crippen molar-refractivity contribution in [3.05, 3.63) is 64.2 Å². The Labute approximate surface area is 140 Å². The lowest BCUT2D eigenvalue weighted by Crippen LogP contribution is -2.14. The Bertz CT molecular complexity index is 1000. The van der Waals surface area contributed by atoms with Crippen molar-refractivity contribution >= 4 is 33.4 Å². The topological polar surface area (TPSA) is 60.7 Å². The summed E-state index contributed by atoms with van der Waals surface area (Å²) in [5.74, 6) is -1.30. The molecule has 0 atom stereocenters. The summed E-state index contributed by atoms with van der Waals surface area (Å²) in [5, 5.41) is 0. The van der Waals surface area contributed by atoms with Crippen molar-refractivity contribution in [2.75, 3.05) is 7.11 Å². The minimum absolute atomic E-state index is 0.334. The van der Waals surface area contributed by atoms with E-state index in [0.717, 1.165) is 0 Å². The molecule has 1 aromatic heterocycles. The first-order valence-electron chi connectivity index (χ1n) is 7.02. The van der Waals surface area contributed by atoms with Crippen molar-refractivity contribution in [1.82, 2.24) is 4.57 Å². The molecule has 0 aliphatic carbocycles. The third-order valence-corrected chi connectivity index (χ3v) is 4.62. The van der Waals surface area contributed by atoms with Gasteiger partial charge in [0.05, 0.1) is 22.9 Å². The Kier molecular flexibility index (Phi) is 4.26. The zero-order valence-corrected chi connectivity index (χ0v) is 13.8. The first-order chi connectivity index (χ1) is 11.5. The van der Waals surface area contributed by atoms with Gasteiger partial charge in [0, 0.05) is 12.6 Å². The average Bonchev–Trinajstić information content (AvgIpc) is 2.91. The molecule has 3 rings (SSSR count). The van der Waals surface area contributed by atoms with Gasteiger partial charge in [0.2, 0.25) is 0 Å². The molecule has 0 fully saturated rings. The number of amides is 1. The molecule has 0 unspecified atom stereocenters. The van der Waals surface area contributed by atoms with Gasteiger partial charge in [0.1, 0.15) is 5.82 Å². The monoisotopic (exact) mass is 344 g/mol. The molecule has 2 aromatic carbocycles. The van der Waals surface area contributed by atoms with E-state index in [-0.39, 0.29) is 5.82 Å². The molecule has 0 spiro atoms. The van der Waals surface area contributed by atoms with Crippen molar-refractivity contribution in [2.24, 2.45) is 12.0 Å². The van der Waals surface area contributed by atoms with Crippen LogP contribution in [-0.2, 0) is 11.8 Å². The molecular formula is C17H13FN2O3S. The molecule has 0 aliphatic heterocycles. The highest BCUT2D eigenvalue weighted by molar-refractivity contribution is 7.16. The largest absolute Gasteiger partial charge is 0.465 e. The summed E-state index contributed by atoms with van der Waals surface area (Å²) in [6.07, 6.45) is 0. The third-order valence-electron chi connectivity index (χ3n) is 3.52. The fraction of sp³-hybridized carbons (Fsp3) is 0.118. The molecule has 0 aliphatic rings. The smallest absolute Gasteiger partial charge is 0.337 e. The lowest BCUT2D eigenvalue weighted by Gasteiger charge is -2.00. The number of nitrogens with zero attached hydrogens (tertiary/aromatic N) is 2. The van der Waals surface area contributed by atoms with Gasteiger partial charge in [-0.2, -0.15) is 4.99 Å². The van der Waals surface area contributed by atoms with Gasteiger partial charge >= 0.3 is 5.97 Å². The van der Waals surface area contributed by atoms with Gasteiger partial charge in [-0.25, -0.2) is 9.18 Å². The number of halogens is 1. The maximum atomic E-state index is 13.9. The van der Waals surface area contributed by atoms with Gasteiger partial charge in [-0.1, -0.05) is 17.4 Å². The van der Waals surface area contributed by atoms with E-state index in [4.69, 9.17) is 0 Å². The SMILES string of the molecule is COC(=O)c1ccc(C(=O)N=c2sc3cccc(F)c3n2C)cc1. The number of rotatable bonds is 2. The Balaban J connectivity index is 1.99. The van der Waals surface area contributed by atoms with E-state index >= 15 is 0 Å². The molecule has 7 heteroatoms. The maximum absolute atomic E-state index is 13.9. The van der Waals surface area contributed by atoms with E-state index in [1.54, 1.807) is 23.7 Å². The second-order valence-corrected chi connectivity index (χ2v) is 6.03. The number of aryl methyl sites for hydroxylation is 1. The number of hydrogen-bond donors (Lipinski definition) is 0. The number of para-hydroxylation sites is 1. The number of carbonyl (C=O) groups excluding carboxylic acids is 2. The van der Waals surface area contributed by atoms with Crippen LogP contribution in [0.1, 0.15) is 20.7 Å². The molecular weight excluding hydrogens is 331 g/mol. The van der Waals surface area contributed by atoms with Gasteiger partial charge in [0.25, 0.3) is 5.91 Å². The van der Waals surface area contributed by atoms with Crippen LogP contribution in [0.3, 0.4) is 0 Å². The van der Waals surface area contributed by atoms with Crippen LogP contribution in [0.15, 0.2) is 47.5 Å². The maximum Gasteiger partial charge on any atom is 0.337 e. The number of fused-ring (bicyclic) bond motifs is 1. The number of methoxy groups -OCH3 is 1. The molecule has 0 saturated carbocycles. The van der Waals surface area contributed by atoms with E-state index in [1.165, 1.54) is 48.8 Å². The average molecular weight is 344 g/mol. The summed E-state index contributed by atoms with van der Waals surface area (Å²) < 4.78 is 20.8. The number of ether oxygens (including phenoxy) is 1. The summed E-state index contributed by atoms with van der Waals surface area (Å²) in [5.41, 5.74) is 1.10. The van der Waals surface area contributed by atoms with Crippen LogP contribution >= 0.6 is 11.3 Å². The second kappa shape index (κ2) is 6.37. The second-order valence-electron chi connectivity index (χ2n) is 5.02. The molecule has 0 radical (unpaired) electrons. The number of thiazole rings is 1. The Morgan fingerprint density at radius 1 is 1.12 bits per heavy atom. The normalized spacial score (nSPS) is 11.7. The lowest BCUT2D eigenvalue weighted by molar-refractivity contribution is 0.0600. The minimum atomic E-state index is -0.475. The Morgan fingerprint density at radius 3 is 2.42 bits per heavy atom. The van der Waals surface area contributed by atoms with Crippen LogP contribution in [0.2, 0.25) is 0 Å². The number of benzene rings is 2. The first kappa shape index (κ1) is 16.1. The van der Waals surface area contributed by atoms with Crippen molar-refractivity contribution in [3.63, 3.8) is 0 Å². The Hall–Kier alpha value is -2.80. The van der Waals surface area contributed by atoms with Crippen LogP contribution in [0.25, 0.3) is 10.2 Å². The lowest BCUT2D eigenvalue weighted by atomic mass is 10.1. The van der Waals surface area contributed by atoms with Gasteiger partial charge < -0.3 is 9.30 Å². The van der Waals surface area contributed by atoms with Gasteiger partial charge in [-0.05, 0) is 36.4 Å². The predicted molar refractivity (Wildman–Crippen MR) is 88.4 cm³/mol. The van der Waals surface area contributed by atoms with Crippen LogP contribution in [0.5, 0.6) is 0 Å². The summed E-state index contributed by atoms with van der Waals surface area (Å²) in [6, 6.07) is 10.8. The molecule has 0 bridgehead atoms. The molecule has 3 aromatic rings.